The molecule has 2 N–H and O–H groups in total. The molecular formula is C31H44O6. The van der Waals surface area contributed by atoms with Gasteiger partial charge >= 0.3 is 5.97 Å². The summed E-state index contributed by atoms with van der Waals surface area (Å²) in [5.74, 6) is -0.275. The topological polar surface area (TPSA) is 85.2 Å². The fourth-order valence-corrected chi connectivity index (χ4v) is 7.80. The van der Waals surface area contributed by atoms with Crippen molar-refractivity contribution in [1.82, 2.24) is 0 Å². The van der Waals surface area contributed by atoms with Crippen molar-refractivity contribution in [2.75, 3.05) is 20.3 Å². The second kappa shape index (κ2) is 9.78. The zero-order valence-corrected chi connectivity index (χ0v) is 23.1. The normalized spacial score (nSPS) is 38.8. The number of allylic oxidation sites excluding steroid dienone is 1. The lowest BCUT2D eigenvalue weighted by molar-refractivity contribution is -0.313. The SMILES string of the molecule is CCC1C(=C2CCC3(CC2O)OCC(C)(C)CO3)C(c2ccc(C(=O)OC)cc2)CC2(C)C(O)CCC12. The van der Waals surface area contributed by atoms with E-state index in [4.69, 9.17) is 14.2 Å². The van der Waals surface area contributed by atoms with Gasteiger partial charge in [0.05, 0.1) is 38.1 Å². The van der Waals surface area contributed by atoms with E-state index in [-0.39, 0.29) is 28.8 Å². The summed E-state index contributed by atoms with van der Waals surface area (Å²) in [6.45, 7) is 10.1. The maximum atomic E-state index is 12.1. The van der Waals surface area contributed by atoms with Crippen LogP contribution >= 0.6 is 0 Å². The quantitative estimate of drug-likeness (QED) is 0.418. The molecule has 4 fully saturated rings. The highest BCUT2D eigenvalue weighted by Crippen LogP contribution is 2.62. The van der Waals surface area contributed by atoms with Crippen LogP contribution in [0.4, 0.5) is 0 Å². The minimum Gasteiger partial charge on any atom is -0.465 e. The number of carbonyl (C=O) groups is 1. The van der Waals surface area contributed by atoms with E-state index in [0.717, 1.165) is 49.7 Å². The lowest BCUT2D eigenvalue weighted by Crippen LogP contribution is -2.52. The lowest BCUT2D eigenvalue weighted by Gasteiger charge is -2.52. The summed E-state index contributed by atoms with van der Waals surface area (Å²) in [5, 5.41) is 22.7. The van der Waals surface area contributed by atoms with Gasteiger partial charge in [-0.3, -0.25) is 0 Å². The Kier molecular flexibility index (Phi) is 7.10. The summed E-state index contributed by atoms with van der Waals surface area (Å²) < 4.78 is 17.4. The smallest absolute Gasteiger partial charge is 0.337 e. The van der Waals surface area contributed by atoms with Crippen LogP contribution in [0.25, 0.3) is 0 Å². The molecule has 6 nitrogen and oxygen atoms in total. The minimum atomic E-state index is -0.703. The van der Waals surface area contributed by atoms with E-state index >= 15 is 0 Å². The number of benzene rings is 1. The van der Waals surface area contributed by atoms with Crippen LogP contribution in [0.1, 0.15) is 94.5 Å². The number of rotatable bonds is 3. The highest BCUT2D eigenvalue weighted by Gasteiger charge is 2.56. The molecule has 0 radical (unpaired) electrons. The standard InChI is InChI=1S/C31H44O6/c1-6-21-24-11-12-26(33)30(24,4)15-23(19-7-9-20(10-8-19)28(34)35-5)27(21)22-13-14-31(16-25(22)32)36-17-29(2,3)18-37-31/h7-10,21,23-26,32-33H,6,11-18H2,1-5H3. The fourth-order valence-electron chi connectivity index (χ4n) is 7.80. The molecule has 1 heterocycles. The van der Waals surface area contributed by atoms with Gasteiger partial charge in [0, 0.05) is 24.2 Å². The fraction of sp³-hybridized carbons (Fsp3) is 0.710. The van der Waals surface area contributed by atoms with Crippen LogP contribution in [0.2, 0.25) is 0 Å². The Hall–Kier alpha value is -1.73. The van der Waals surface area contributed by atoms with Gasteiger partial charge in [0.2, 0.25) is 0 Å². The third-order valence-corrected chi connectivity index (χ3v) is 9.94. The first kappa shape index (κ1) is 26.9. The van der Waals surface area contributed by atoms with E-state index in [1.807, 2.05) is 24.3 Å². The van der Waals surface area contributed by atoms with Crippen molar-refractivity contribution in [3.63, 3.8) is 0 Å². The van der Waals surface area contributed by atoms with Gasteiger partial charge < -0.3 is 24.4 Å². The van der Waals surface area contributed by atoms with E-state index < -0.39 is 11.9 Å². The van der Waals surface area contributed by atoms with E-state index in [9.17, 15) is 15.0 Å². The third-order valence-electron chi connectivity index (χ3n) is 9.94. The van der Waals surface area contributed by atoms with Crippen molar-refractivity contribution in [3.05, 3.63) is 46.5 Å². The molecule has 1 aromatic rings. The van der Waals surface area contributed by atoms with Crippen LogP contribution < -0.4 is 0 Å². The van der Waals surface area contributed by atoms with Gasteiger partial charge in [0.15, 0.2) is 5.79 Å². The summed E-state index contributed by atoms with van der Waals surface area (Å²) in [6.07, 6.45) is 4.67. The molecule has 6 heteroatoms. The Morgan fingerprint density at radius 3 is 2.32 bits per heavy atom. The Balaban J connectivity index is 1.53. The van der Waals surface area contributed by atoms with Crippen molar-refractivity contribution in [1.29, 1.82) is 0 Å². The number of aliphatic hydroxyl groups is 2. The summed E-state index contributed by atoms with van der Waals surface area (Å²) >= 11 is 0. The van der Waals surface area contributed by atoms with E-state index in [0.29, 0.717) is 37.0 Å². The lowest BCUT2D eigenvalue weighted by atomic mass is 9.55. The van der Waals surface area contributed by atoms with E-state index in [1.54, 1.807) is 0 Å². The third kappa shape index (κ3) is 4.69. The van der Waals surface area contributed by atoms with Crippen molar-refractivity contribution < 1.29 is 29.2 Å². The number of methoxy groups -OCH3 is 1. The summed E-state index contributed by atoms with van der Waals surface area (Å²) in [6, 6.07) is 7.73. The summed E-state index contributed by atoms with van der Waals surface area (Å²) in [5.41, 5.74) is 3.97. The zero-order chi connectivity index (χ0) is 26.6. The number of hydrogen-bond donors (Lipinski definition) is 2. The molecule has 6 atom stereocenters. The van der Waals surface area contributed by atoms with E-state index in [1.165, 1.54) is 12.7 Å². The van der Waals surface area contributed by atoms with Gasteiger partial charge in [-0.1, -0.05) is 45.4 Å². The molecule has 37 heavy (non-hydrogen) atoms. The Bertz CT molecular complexity index is 1030. The van der Waals surface area contributed by atoms with Gasteiger partial charge in [-0.05, 0) is 72.6 Å². The Morgan fingerprint density at radius 1 is 1.05 bits per heavy atom. The van der Waals surface area contributed by atoms with Crippen molar-refractivity contribution >= 4 is 5.97 Å². The summed E-state index contributed by atoms with van der Waals surface area (Å²) in [4.78, 5) is 12.1. The van der Waals surface area contributed by atoms with Gasteiger partial charge in [-0.2, -0.15) is 0 Å². The number of esters is 1. The summed E-state index contributed by atoms with van der Waals surface area (Å²) in [7, 11) is 1.40. The predicted octanol–water partition coefficient (Wildman–Crippen LogP) is 5.37. The predicted molar refractivity (Wildman–Crippen MR) is 141 cm³/mol. The van der Waals surface area contributed by atoms with Crippen molar-refractivity contribution in [2.24, 2.45) is 22.7 Å². The number of fused-ring (bicyclic) bond motifs is 1. The van der Waals surface area contributed by atoms with E-state index in [2.05, 4.69) is 27.7 Å². The molecule has 0 bridgehead atoms. The Morgan fingerprint density at radius 2 is 1.73 bits per heavy atom. The molecule has 1 aromatic carbocycles. The number of carbonyl (C=O) groups excluding carboxylic acids is 1. The first-order valence-corrected chi connectivity index (χ1v) is 14.1. The van der Waals surface area contributed by atoms with Gasteiger partial charge in [0.1, 0.15) is 0 Å². The highest BCUT2D eigenvalue weighted by molar-refractivity contribution is 5.89. The zero-order valence-electron chi connectivity index (χ0n) is 23.1. The Labute approximate surface area is 221 Å². The molecule has 5 rings (SSSR count). The molecule has 1 saturated heterocycles. The average molecular weight is 513 g/mol. The average Bonchev–Trinajstić information content (AvgIpc) is 3.19. The second-order valence-electron chi connectivity index (χ2n) is 12.9. The number of ether oxygens (including phenoxy) is 3. The molecular weight excluding hydrogens is 468 g/mol. The largest absolute Gasteiger partial charge is 0.465 e. The molecule has 3 saturated carbocycles. The first-order chi connectivity index (χ1) is 17.5. The van der Waals surface area contributed by atoms with Gasteiger partial charge in [-0.15, -0.1) is 0 Å². The molecule has 0 amide bonds. The van der Waals surface area contributed by atoms with Crippen LogP contribution in [0.15, 0.2) is 35.4 Å². The van der Waals surface area contributed by atoms with Crippen LogP contribution in [-0.4, -0.2) is 54.5 Å². The second-order valence-corrected chi connectivity index (χ2v) is 12.9. The van der Waals surface area contributed by atoms with Crippen LogP contribution in [-0.2, 0) is 14.2 Å². The van der Waals surface area contributed by atoms with Gasteiger partial charge in [0.25, 0.3) is 0 Å². The monoisotopic (exact) mass is 512 g/mol. The molecule has 1 aliphatic heterocycles. The first-order valence-electron chi connectivity index (χ1n) is 14.1. The minimum absolute atomic E-state index is 0.0131. The molecule has 4 aliphatic rings. The van der Waals surface area contributed by atoms with Crippen LogP contribution in [0.3, 0.4) is 0 Å². The number of hydrogen-bond acceptors (Lipinski definition) is 6. The molecule has 1 spiro atoms. The molecule has 3 aliphatic carbocycles. The number of aliphatic hydroxyl groups excluding tert-OH is 2. The van der Waals surface area contributed by atoms with Crippen LogP contribution in [0, 0.1) is 22.7 Å². The molecule has 204 valence electrons. The maximum Gasteiger partial charge on any atom is 0.337 e. The molecule has 6 unspecified atom stereocenters. The van der Waals surface area contributed by atoms with Crippen LogP contribution in [0.5, 0.6) is 0 Å². The van der Waals surface area contributed by atoms with Crippen molar-refractivity contribution in [2.45, 2.75) is 96.6 Å². The van der Waals surface area contributed by atoms with Gasteiger partial charge in [-0.25, -0.2) is 4.79 Å². The molecule has 0 aromatic heterocycles. The highest BCUT2D eigenvalue weighted by atomic mass is 16.7. The maximum absolute atomic E-state index is 12.1. The van der Waals surface area contributed by atoms with Crippen molar-refractivity contribution in [3.8, 4) is 0 Å².